The molecule has 0 aromatic carbocycles. The van der Waals surface area contributed by atoms with Crippen molar-refractivity contribution in [3.8, 4) is 0 Å². The number of carbonyl (C=O) groups excluding carboxylic acids is 2. The van der Waals surface area contributed by atoms with Crippen molar-refractivity contribution in [2.24, 2.45) is 17.8 Å². The Bertz CT molecular complexity index is 438. The highest BCUT2D eigenvalue weighted by Gasteiger charge is 2.42. The van der Waals surface area contributed by atoms with Gasteiger partial charge < -0.3 is 9.47 Å². The van der Waals surface area contributed by atoms with E-state index in [1.807, 2.05) is 20.8 Å². The minimum Gasteiger partial charge on any atom is -0.461 e. The second kappa shape index (κ2) is 6.51. The number of hydrogen-bond acceptors (Lipinski definition) is 4. The quantitative estimate of drug-likeness (QED) is 0.430. The average Bonchev–Trinajstić information content (AvgIpc) is 2.97. The van der Waals surface area contributed by atoms with Crippen LogP contribution in [0.5, 0.6) is 0 Å². The normalized spacial score (nSPS) is 28.5. The topological polar surface area (TPSA) is 52.6 Å². The van der Waals surface area contributed by atoms with Gasteiger partial charge in [-0.1, -0.05) is 28.1 Å². The van der Waals surface area contributed by atoms with Gasteiger partial charge in [-0.2, -0.15) is 0 Å². The molecule has 5 heteroatoms. The summed E-state index contributed by atoms with van der Waals surface area (Å²) in [5.41, 5.74) is -0.518. The first-order valence-electron chi connectivity index (χ1n) is 7.44. The fourth-order valence-corrected chi connectivity index (χ4v) is 3.41. The Morgan fingerprint density at radius 3 is 2.43 bits per heavy atom. The van der Waals surface area contributed by atoms with E-state index in [2.05, 4.69) is 28.1 Å². The molecule has 2 bridgehead atoms. The molecule has 0 aromatic rings. The standard InChI is InChI=1S/C16H23BrO4/c1-16(2,3)21-14(18)8-13(20-15(19)9-17)12-7-10-4-5-11(12)6-10/h4-5,10-13H,6-9H2,1-3H3. The molecular weight excluding hydrogens is 336 g/mol. The summed E-state index contributed by atoms with van der Waals surface area (Å²) in [6, 6.07) is 0. The molecular formula is C16H23BrO4. The lowest BCUT2D eigenvalue weighted by molar-refractivity contribution is -0.163. The third-order valence-electron chi connectivity index (χ3n) is 3.99. The van der Waals surface area contributed by atoms with Gasteiger partial charge in [0.05, 0.1) is 6.42 Å². The lowest BCUT2D eigenvalue weighted by atomic mass is 9.87. The van der Waals surface area contributed by atoms with Crippen molar-refractivity contribution in [1.29, 1.82) is 0 Å². The Labute approximate surface area is 134 Å². The van der Waals surface area contributed by atoms with Gasteiger partial charge in [-0.3, -0.25) is 9.59 Å². The van der Waals surface area contributed by atoms with E-state index in [1.54, 1.807) is 0 Å². The van der Waals surface area contributed by atoms with Gasteiger partial charge in [0, 0.05) is 5.92 Å². The van der Waals surface area contributed by atoms with Gasteiger partial charge in [0.1, 0.15) is 17.0 Å². The van der Waals surface area contributed by atoms with E-state index in [0.717, 1.165) is 12.8 Å². The smallest absolute Gasteiger partial charge is 0.316 e. The summed E-state index contributed by atoms with van der Waals surface area (Å²) >= 11 is 3.10. The maximum Gasteiger partial charge on any atom is 0.316 e. The van der Waals surface area contributed by atoms with Crippen molar-refractivity contribution in [2.45, 2.75) is 51.7 Å². The van der Waals surface area contributed by atoms with E-state index in [0.29, 0.717) is 11.8 Å². The fraction of sp³-hybridized carbons (Fsp3) is 0.750. The van der Waals surface area contributed by atoms with E-state index in [-0.39, 0.29) is 35.7 Å². The van der Waals surface area contributed by atoms with Crippen molar-refractivity contribution in [1.82, 2.24) is 0 Å². The van der Waals surface area contributed by atoms with Crippen molar-refractivity contribution >= 4 is 27.9 Å². The van der Waals surface area contributed by atoms with Gasteiger partial charge in [-0.05, 0) is 45.4 Å². The van der Waals surface area contributed by atoms with Crippen LogP contribution in [-0.4, -0.2) is 29.0 Å². The third kappa shape index (κ3) is 4.56. The summed E-state index contributed by atoms with van der Waals surface area (Å²) in [4.78, 5) is 23.7. The SMILES string of the molecule is CC(C)(C)OC(=O)CC(OC(=O)CBr)C1CC2C=CC1C2. The monoisotopic (exact) mass is 358 g/mol. The number of carbonyl (C=O) groups is 2. The van der Waals surface area contributed by atoms with Crippen molar-refractivity contribution in [2.75, 3.05) is 5.33 Å². The maximum atomic E-state index is 12.1. The highest BCUT2D eigenvalue weighted by Crippen LogP contribution is 2.46. The van der Waals surface area contributed by atoms with Crippen LogP contribution < -0.4 is 0 Å². The number of rotatable bonds is 5. The number of esters is 2. The molecule has 2 aliphatic carbocycles. The van der Waals surface area contributed by atoms with Crippen molar-refractivity contribution in [3.05, 3.63) is 12.2 Å². The summed E-state index contributed by atoms with van der Waals surface area (Å²) in [6.45, 7) is 5.51. The Kier molecular flexibility index (Phi) is 5.12. The second-order valence-corrected chi connectivity index (χ2v) is 7.46. The number of halogens is 1. The van der Waals surface area contributed by atoms with E-state index < -0.39 is 5.60 Å². The van der Waals surface area contributed by atoms with Gasteiger partial charge in [0.2, 0.25) is 0 Å². The molecule has 4 nitrogen and oxygen atoms in total. The first-order valence-corrected chi connectivity index (χ1v) is 8.56. The summed E-state index contributed by atoms with van der Waals surface area (Å²) < 4.78 is 10.9. The third-order valence-corrected chi connectivity index (χ3v) is 4.45. The Morgan fingerprint density at radius 1 is 1.24 bits per heavy atom. The Hall–Kier alpha value is -0.840. The van der Waals surface area contributed by atoms with E-state index >= 15 is 0 Å². The van der Waals surface area contributed by atoms with Crippen LogP contribution in [0.3, 0.4) is 0 Å². The molecule has 2 rings (SSSR count). The summed E-state index contributed by atoms with van der Waals surface area (Å²) in [7, 11) is 0. The van der Waals surface area contributed by atoms with Gasteiger partial charge in [-0.15, -0.1) is 0 Å². The van der Waals surface area contributed by atoms with Crippen LogP contribution >= 0.6 is 15.9 Å². The Morgan fingerprint density at radius 2 is 1.95 bits per heavy atom. The molecule has 2 aliphatic rings. The zero-order valence-corrected chi connectivity index (χ0v) is 14.4. The van der Waals surface area contributed by atoms with Crippen LogP contribution in [0.1, 0.15) is 40.0 Å². The summed E-state index contributed by atoms with van der Waals surface area (Å²) in [6.07, 6.45) is 6.29. The van der Waals surface area contributed by atoms with Crippen LogP contribution in [-0.2, 0) is 19.1 Å². The predicted molar refractivity (Wildman–Crippen MR) is 83.0 cm³/mol. The molecule has 4 atom stereocenters. The molecule has 21 heavy (non-hydrogen) atoms. The van der Waals surface area contributed by atoms with Gasteiger partial charge >= 0.3 is 11.9 Å². The van der Waals surface area contributed by atoms with Crippen molar-refractivity contribution in [3.63, 3.8) is 0 Å². The first kappa shape index (κ1) is 16.5. The van der Waals surface area contributed by atoms with E-state index in [1.165, 1.54) is 0 Å². The molecule has 118 valence electrons. The zero-order chi connectivity index (χ0) is 15.6. The molecule has 0 aliphatic heterocycles. The Balaban J connectivity index is 2.01. The van der Waals surface area contributed by atoms with Crippen LogP contribution in [0.4, 0.5) is 0 Å². The van der Waals surface area contributed by atoms with Crippen molar-refractivity contribution < 1.29 is 19.1 Å². The van der Waals surface area contributed by atoms with Gasteiger partial charge in [-0.25, -0.2) is 0 Å². The van der Waals surface area contributed by atoms with Crippen LogP contribution in [0.2, 0.25) is 0 Å². The molecule has 0 saturated heterocycles. The lowest BCUT2D eigenvalue weighted by Gasteiger charge is -2.29. The molecule has 1 saturated carbocycles. The fourth-order valence-electron chi connectivity index (χ4n) is 3.28. The minimum atomic E-state index is -0.518. The predicted octanol–water partition coefficient (Wildman–Crippen LogP) is 3.24. The zero-order valence-electron chi connectivity index (χ0n) is 12.8. The molecule has 0 N–H and O–H groups in total. The molecule has 4 unspecified atom stereocenters. The number of alkyl halides is 1. The van der Waals surface area contributed by atoms with Gasteiger partial charge in [0.15, 0.2) is 0 Å². The second-order valence-electron chi connectivity index (χ2n) is 6.90. The molecule has 0 spiro atoms. The van der Waals surface area contributed by atoms with E-state index in [4.69, 9.17) is 9.47 Å². The average molecular weight is 359 g/mol. The lowest BCUT2D eigenvalue weighted by Crippen LogP contribution is -2.34. The van der Waals surface area contributed by atoms with E-state index in [9.17, 15) is 9.59 Å². The van der Waals surface area contributed by atoms with Gasteiger partial charge in [0.25, 0.3) is 0 Å². The molecule has 0 heterocycles. The number of hydrogen-bond donors (Lipinski definition) is 0. The maximum absolute atomic E-state index is 12.1. The summed E-state index contributed by atoms with van der Waals surface area (Å²) in [5, 5.41) is 0.147. The number of fused-ring (bicyclic) bond motifs is 2. The largest absolute Gasteiger partial charge is 0.461 e. The number of ether oxygens (including phenoxy) is 2. The molecule has 1 fully saturated rings. The summed E-state index contributed by atoms with van der Waals surface area (Å²) in [5.74, 6) is 0.599. The highest BCUT2D eigenvalue weighted by atomic mass is 79.9. The molecule has 0 radical (unpaired) electrons. The number of allylic oxidation sites excluding steroid dienone is 2. The van der Waals surface area contributed by atoms with Crippen LogP contribution in [0, 0.1) is 17.8 Å². The van der Waals surface area contributed by atoms with Crippen LogP contribution in [0.25, 0.3) is 0 Å². The highest BCUT2D eigenvalue weighted by molar-refractivity contribution is 9.09. The minimum absolute atomic E-state index is 0.137. The molecule has 0 amide bonds. The first-order chi connectivity index (χ1) is 9.78. The van der Waals surface area contributed by atoms with Crippen LogP contribution in [0.15, 0.2) is 12.2 Å². The molecule has 0 aromatic heterocycles.